The van der Waals surface area contributed by atoms with E-state index in [0.717, 1.165) is 0 Å². The fraction of sp³-hybridized carbons (Fsp3) is 0. The quantitative estimate of drug-likeness (QED) is 0.580. The minimum absolute atomic E-state index is 0.0637. The molecule has 0 spiro atoms. The number of nitro groups is 1. The second-order valence-corrected chi connectivity index (χ2v) is 3.22. The van der Waals surface area contributed by atoms with Gasteiger partial charge in [-0.15, -0.1) is 0 Å². The molecule has 2 rings (SSSR count). The number of nitro benzene ring substituents is 1. The Bertz CT molecular complexity index is 496. The summed E-state index contributed by atoms with van der Waals surface area (Å²) in [6.07, 6.45) is 3.14. The fourth-order valence-electron chi connectivity index (χ4n) is 1.28. The van der Waals surface area contributed by atoms with Crippen molar-refractivity contribution in [2.45, 2.75) is 0 Å². The predicted octanol–water partition coefficient (Wildman–Crippen LogP) is 2.43. The Morgan fingerprint density at radius 1 is 1.40 bits per heavy atom. The standard InChI is InChI=1S/C9H6ClN3O2/c10-7-3-1-4-8(13(14)15)9(7)12-6-2-5-11-12/h1-6H. The minimum Gasteiger partial charge on any atom is -0.258 e. The SMILES string of the molecule is O=[N+]([O-])c1cccc(Cl)c1-n1cccn1. The fourth-order valence-corrected chi connectivity index (χ4v) is 1.54. The lowest BCUT2D eigenvalue weighted by Gasteiger charge is -2.04. The third-order valence-electron chi connectivity index (χ3n) is 1.90. The zero-order valence-corrected chi connectivity index (χ0v) is 8.26. The highest BCUT2D eigenvalue weighted by molar-refractivity contribution is 6.32. The van der Waals surface area contributed by atoms with Gasteiger partial charge in [0, 0.05) is 18.5 Å². The van der Waals surface area contributed by atoms with Gasteiger partial charge in [0.25, 0.3) is 5.69 Å². The molecule has 0 aliphatic heterocycles. The van der Waals surface area contributed by atoms with E-state index < -0.39 is 4.92 Å². The molecule has 0 radical (unpaired) electrons. The monoisotopic (exact) mass is 223 g/mol. The molecule has 0 aliphatic rings. The molecule has 0 saturated heterocycles. The van der Waals surface area contributed by atoms with Crippen LogP contribution in [0.3, 0.4) is 0 Å². The number of aromatic nitrogens is 2. The van der Waals surface area contributed by atoms with Crippen LogP contribution in [0, 0.1) is 10.1 Å². The third-order valence-corrected chi connectivity index (χ3v) is 2.20. The second kappa shape index (κ2) is 3.70. The predicted molar refractivity (Wildman–Crippen MR) is 55.2 cm³/mol. The minimum atomic E-state index is -0.483. The lowest BCUT2D eigenvalue weighted by atomic mass is 10.2. The van der Waals surface area contributed by atoms with Crippen LogP contribution in [0.25, 0.3) is 5.69 Å². The molecule has 1 heterocycles. The number of benzene rings is 1. The van der Waals surface area contributed by atoms with Crippen LogP contribution in [0.1, 0.15) is 0 Å². The van der Waals surface area contributed by atoms with E-state index >= 15 is 0 Å². The molecule has 0 fully saturated rings. The third kappa shape index (κ3) is 1.69. The molecule has 0 aliphatic carbocycles. The van der Waals surface area contributed by atoms with Gasteiger partial charge in [0.05, 0.1) is 9.95 Å². The van der Waals surface area contributed by atoms with Crippen molar-refractivity contribution < 1.29 is 4.92 Å². The Balaban J connectivity index is 2.68. The van der Waals surface area contributed by atoms with E-state index in [1.165, 1.54) is 23.0 Å². The number of hydrogen-bond acceptors (Lipinski definition) is 3. The molecule has 6 heteroatoms. The summed E-state index contributed by atoms with van der Waals surface area (Å²) in [6, 6.07) is 6.19. The summed E-state index contributed by atoms with van der Waals surface area (Å²) < 4.78 is 1.38. The highest BCUT2D eigenvalue weighted by Gasteiger charge is 2.18. The summed E-state index contributed by atoms with van der Waals surface area (Å²) in [6.45, 7) is 0. The van der Waals surface area contributed by atoms with E-state index in [9.17, 15) is 10.1 Å². The molecular formula is C9H6ClN3O2. The van der Waals surface area contributed by atoms with Gasteiger partial charge in [0.1, 0.15) is 0 Å². The molecule has 76 valence electrons. The summed E-state index contributed by atoms with van der Waals surface area (Å²) in [7, 11) is 0. The first kappa shape index (κ1) is 9.67. The van der Waals surface area contributed by atoms with Crippen molar-refractivity contribution in [2.75, 3.05) is 0 Å². The first-order chi connectivity index (χ1) is 7.20. The van der Waals surface area contributed by atoms with Crippen LogP contribution in [0.4, 0.5) is 5.69 Å². The largest absolute Gasteiger partial charge is 0.296 e. The Labute approximate surface area is 90.1 Å². The zero-order valence-electron chi connectivity index (χ0n) is 7.50. The molecule has 0 unspecified atom stereocenters. The number of nitrogens with zero attached hydrogens (tertiary/aromatic N) is 3. The maximum Gasteiger partial charge on any atom is 0.296 e. The molecule has 0 atom stereocenters. The van der Waals surface area contributed by atoms with Crippen LogP contribution < -0.4 is 0 Å². The average Bonchev–Trinajstić information content (AvgIpc) is 2.70. The molecule has 1 aromatic heterocycles. The highest BCUT2D eigenvalue weighted by atomic mass is 35.5. The van der Waals surface area contributed by atoms with Crippen LogP contribution in [-0.4, -0.2) is 14.7 Å². The van der Waals surface area contributed by atoms with Gasteiger partial charge in [-0.05, 0) is 12.1 Å². The summed E-state index contributed by atoms with van der Waals surface area (Å²) in [5, 5.41) is 15.0. The molecule has 2 aromatic rings. The van der Waals surface area contributed by atoms with Gasteiger partial charge in [-0.1, -0.05) is 17.7 Å². The normalized spacial score (nSPS) is 10.2. The number of halogens is 1. The van der Waals surface area contributed by atoms with Crippen molar-refractivity contribution in [3.63, 3.8) is 0 Å². The van der Waals surface area contributed by atoms with Crippen molar-refractivity contribution >= 4 is 17.3 Å². The van der Waals surface area contributed by atoms with Crippen LogP contribution in [0.2, 0.25) is 5.02 Å². The first-order valence-electron chi connectivity index (χ1n) is 4.13. The lowest BCUT2D eigenvalue weighted by Crippen LogP contribution is -2.01. The lowest BCUT2D eigenvalue weighted by molar-refractivity contribution is -0.384. The van der Waals surface area contributed by atoms with E-state index in [1.54, 1.807) is 18.3 Å². The Morgan fingerprint density at radius 2 is 2.20 bits per heavy atom. The van der Waals surface area contributed by atoms with E-state index in [0.29, 0.717) is 5.02 Å². The van der Waals surface area contributed by atoms with E-state index in [1.807, 2.05) is 0 Å². The van der Waals surface area contributed by atoms with E-state index in [-0.39, 0.29) is 11.4 Å². The number of para-hydroxylation sites is 1. The molecule has 0 saturated carbocycles. The van der Waals surface area contributed by atoms with Gasteiger partial charge in [-0.3, -0.25) is 10.1 Å². The molecule has 5 nitrogen and oxygen atoms in total. The molecule has 1 aromatic carbocycles. The summed E-state index contributed by atoms with van der Waals surface area (Å²) in [5.41, 5.74) is 0.223. The molecule has 0 N–H and O–H groups in total. The number of rotatable bonds is 2. The Morgan fingerprint density at radius 3 is 2.80 bits per heavy atom. The second-order valence-electron chi connectivity index (χ2n) is 2.82. The summed E-state index contributed by atoms with van der Waals surface area (Å²) in [5.74, 6) is 0. The zero-order chi connectivity index (χ0) is 10.8. The van der Waals surface area contributed by atoms with Crippen molar-refractivity contribution in [3.8, 4) is 5.69 Å². The average molecular weight is 224 g/mol. The summed E-state index contributed by atoms with van der Waals surface area (Å²) in [4.78, 5) is 10.3. The van der Waals surface area contributed by atoms with Crippen LogP contribution in [-0.2, 0) is 0 Å². The molecule has 0 amide bonds. The van der Waals surface area contributed by atoms with Crippen molar-refractivity contribution in [2.24, 2.45) is 0 Å². The Hall–Kier alpha value is -1.88. The van der Waals surface area contributed by atoms with Gasteiger partial charge in [-0.2, -0.15) is 5.10 Å². The molecule has 15 heavy (non-hydrogen) atoms. The smallest absolute Gasteiger partial charge is 0.258 e. The van der Waals surface area contributed by atoms with Gasteiger partial charge < -0.3 is 0 Å². The van der Waals surface area contributed by atoms with Crippen LogP contribution >= 0.6 is 11.6 Å². The van der Waals surface area contributed by atoms with Crippen molar-refractivity contribution in [1.29, 1.82) is 0 Å². The first-order valence-corrected chi connectivity index (χ1v) is 4.51. The van der Waals surface area contributed by atoms with Crippen LogP contribution in [0.15, 0.2) is 36.7 Å². The molecule has 0 bridgehead atoms. The van der Waals surface area contributed by atoms with Crippen molar-refractivity contribution in [3.05, 3.63) is 51.8 Å². The maximum absolute atomic E-state index is 10.8. The maximum atomic E-state index is 10.8. The van der Waals surface area contributed by atoms with Crippen molar-refractivity contribution in [1.82, 2.24) is 9.78 Å². The van der Waals surface area contributed by atoms with Gasteiger partial charge in [0.2, 0.25) is 0 Å². The van der Waals surface area contributed by atoms with E-state index in [4.69, 9.17) is 11.6 Å². The van der Waals surface area contributed by atoms with Crippen LogP contribution in [0.5, 0.6) is 0 Å². The van der Waals surface area contributed by atoms with Gasteiger partial charge in [0.15, 0.2) is 5.69 Å². The van der Waals surface area contributed by atoms with E-state index in [2.05, 4.69) is 5.10 Å². The van der Waals surface area contributed by atoms with Gasteiger partial charge >= 0.3 is 0 Å². The van der Waals surface area contributed by atoms with Gasteiger partial charge in [-0.25, -0.2) is 4.68 Å². The highest BCUT2D eigenvalue weighted by Crippen LogP contribution is 2.29. The molecular weight excluding hydrogens is 218 g/mol. The topological polar surface area (TPSA) is 61.0 Å². The summed E-state index contributed by atoms with van der Waals surface area (Å²) >= 11 is 5.90. The number of hydrogen-bond donors (Lipinski definition) is 0. The Kier molecular flexibility index (Phi) is 2.39.